The maximum Gasteiger partial charge on any atom is 0.308 e. The lowest BCUT2D eigenvalue weighted by Crippen LogP contribution is -2.24. The fourth-order valence-electron chi connectivity index (χ4n) is 0.430. The molecular formula is C8H14O4. The van der Waals surface area contributed by atoms with Crippen LogP contribution in [0.15, 0.2) is 0 Å². The van der Waals surface area contributed by atoms with Crippen LogP contribution in [0.4, 0.5) is 0 Å². The van der Waals surface area contributed by atoms with E-state index in [1.165, 1.54) is 6.92 Å². The molecule has 0 amide bonds. The summed E-state index contributed by atoms with van der Waals surface area (Å²) in [6.45, 7) is 4.35. The van der Waals surface area contributed by atoms with E-state index >= 15 is 0 Å². The molecule has 0 rings (SSSR count). The Morgan fingerprint density at radius 3 is 2.17 bits per heavy atom. The van der Waals surface area contributed by atoms with Crippen molar-refractivity contribution >= 4 is 11.8 Å². The van der Waals surface area contributed by atoms with E-state index in [2.05, 4.69) is 4.74 Å². The van der Waals surface area contributed by atoms with Gasteiger partial charge in [0, 0.05) is 0 Å². The van der Waals surface area contributed by atoms with Crippen molar-refractivity contribution in [3.63, 3.8) is 0 Å². The van der Waals surface area contributed by atoms with Gasteiger partial charge in [-0.05, 0) is 6.92 Å². The predicted molar refractivity (Wildman–Crippen MR) is 42.5 cm³/mol. The Hall–Kier alpha value is -0.900. The Labute approximate surface area is 71.5 Å². The van der Waals surface area contributed by atoms with E-state index < -0.39 is 17.9 Å². The highest BCUT2D eigenvalue weighted by Gasteiger charge is 2.13. The number of rotatable bonds is 4. The number of carbonyl (C=O) groups is 2. The van der Waals surface area contributed by atoms with Crippen molar-refractivity contribution < 1.29 is 19.4 Å². The molecule has 1 N–H and O–H groups in total. The van der Waals surface area contributed by atoms with Gasteiger partial charge in [0.15, 0.2) is 12.4 Å². The molecule has 0 aliphatic heterocycles. The zero-order valence-corrected chi connectivity index (χ0v) is 7.53. The molecule has 1 atom stereocenters. The molecule has 0 saturated heterocycles. The molecule has 0 aromatic rings. The monoisotopic (exact) mass is 174 g/mol. The van der Waals surface area contributed by atoms with Gasteiger partial charge in [-0.25, -0.2) is 0 Å². The molecule has 0 fully saturated rings. The summed E-state index contributed by atoms with van der Waals surface area (Å²) in [5.41, 5.74) is 0. The maximum absolute atomic E-state index is 10.8. The maximum atomic E-state index is 10.8. The third-order valence-corrected chi connectivity index (χ3v) is 1.29. The minimum absolute atomic E-state index is 0.244. The number of hydrogen-bond acceptors (Lipinski definition) is 4. The van der Waals surface area contributed by atoms with Gasteiger partial charge in [0.1, 0.15) is 6.10 Å². The van der Waals surface area contributed by atoms with E-state index in [0.29, 0.717) is 0 Å². The SMILES string of the molecule is CC(C)C(=O)OCC(=O)C(C)O. The third-order valence-electron chi connectivity index (χ3n) is 1.29. The summed E-state index contributed by atoms with van der Waals surface area (Å²) in [6.07, 6.45) is -1.06. The van der Waals surface area contributed by atoms with Crippen LogP contribution in [-0.4, -0.2) is 29.6 Å². The van der Waals surface area contributed by atoms with Crippen molar-refractivity contribution in [1.29, 1.82) is 0 Å². The van der Waals surface area contributed by atoms with Crippen LogP contribution in [-0.2, 0) is 14.3 Å². The lowest BCUT2D eigenvalue weighted by atomic mass is 10.2. The van der Waals surface area contributed by atoms with Gasteiger partial charge in [0.2, 0.25) is 0 Å². The molecule has 12 heavy (non-hydrogen) atoms. The topological polar surface area (TPSA) is 63.6 Å². The third kappa shape index (κ3) is 4.08. The standard InChI is InChI=1S/C8H14O4/c1-5(2)8(11)12-4-7(10)6(3)9/h5-6,9H,4H2,1-3H3. The van der Waals surface area contributed by atoms with Crippen LogP contribution in [0.25, 0.3) is 0 Å². The molecule has 0 heterocycles. The Bertz CT molecular complexity index is 152. The first-order valence-electron chi connectivity index (χ1n) is 3.82. The minimum Gasteiger partial charge on any atom is -0.457 e. The van der Waals surface area contributed by atoms with Gasteiger partial charge in [0.05, 0.1) is 5.92 Å². The first kappa shape index (κ1) is 11.1. The summed E-state index contributed by atoms with van der Waals surface area (Å²) < 4.78 is 4.58. The van der Waals surface area contributed by atoms with Gasteiger partial charge >= 0.3 is 5.97 Å². The second-order valence-corrected chi connectivity index (χ2v) is 2.90. The molecule has 0 bridgehead atoms. The fourth-order valence-corrected chi connectivity index (χ4v) is 0.430. The Kier molecular flexibility index (Phi) is 4.51. The molecular weight excluding hydrogens is 160 g/mol. The quantitative estimate of drug-likeness (QED) is 0.615. The van der Waals surface area contributed by atoms with Gasteiger partial charge in [-0.3, -0.25) is 9.59 Å². The Morgan fingerprint density at radius 1 is 1.33 bits per heavy atom. The molecule has 70 valence electrons. The Balaban J connectivity index is 3.69. The second kappa shape index (κ2) is 4.87. The number of esters is 1. The highest BCUT2D eigenvalue weighted by Crippen LogP contribution is 1.96. The lowest BCUT2D eigenvalue weighted by molar-refractivity contribution is -0.152. The van der Waals surface area contributed by atoms with E-state index in [9.17, 15) is 9.59 Å². The largest absolute Gasteiger partial charge is 0.457 e. The molecule has 4 nitrogen and oxygen atoms in total. The van der Waals surface area contributed by atoms with Crippen LogP contribution in [0.5, 0.6) is 0 Å². The van der Waals surface area contributed by atoms with Crippen LogP contribution in [0.1, 0.15) is 20.8 Å². The van der Waals surface area contributed by atoms with Crippen LogP contribution < -0.4 is 0 Å². The van der Waals surface area contributed by atoms with Gasteiger partial charge in [-0.15, -0.1) is 0 Å². The van der Waals surface area contributed by atoms with Crippen molar-refractivity contribution in [3.8, 4) is 0 Å². The van der Waals surface area contributed by atoms with Gasteiger partial charge in [-0.1, -0.05) is 13.8 Å². The Morgan fingerprint density at radius 2 is 1.83 bits per heavy atom. The zero-order chi connectivity index (χ0) is 9.72. The molecule has 0 aromatic carbocycles. The number of aliphatic hydroxyl groups is 1. The van der Waals surface area contributed by atoms with E-state index in [1.807, 2.05) is 0 Å². The number of ether oxygens (including phenoxy) is 1. The molecule has 4 heteroatoms. The summed E-state index contributed by atoms with van der Waals surface area (Å²) in [5, 5.41) is 8.73. The van der Waals surface area contributed by atoms with Crippen LogP contribution in [0.2, 0.25) is 0 Å². The number of hydrogen-bond donors (Lipinski definition) is 1. The van der Waals surface area contributed by atoms with Crippen molar-refractivity contribution in [1.82, 2.24) is 0 Å². The molecule has 0 saturated carbocycles. The highest BCUT2D eigenvalue weighted by molar-refractivity contribution is 5.85. The lowest BCUT2D eigenvalue weighted by Gasteiger charge is -2.06. The summed E-state index contributed by atoms with van der Waals surface area (Å²) >= 11 is 0. The zero-order valence-electron chi connectivity index (χ0n) is 7.53. The predicted octanol–water partition coefficient (Wildman–Crippen LogP) is 0.136. The van der Waals surface area contributed by atoms with Crippen molar-refractivity contribution in [2.75, 3.05) is 6.61 Å². The van der Waals surface area contributed by atoms with Crippen molar-refractivity contribution in [2.24, 2.45) is 5.92 Å². The summed E-state index contributed by atoms with van der Waals surface area (Å²) in [6, 6.07) is 0. The van der Waals surface area contributed by atoms with Crippen LogP contribution in [0.3, 0.4) is 0 Å². The first-order valence-corrected chi connectivity index (χ1v) is 3.82. The van der Waals surface area contributed by atoms with E-state index in [-0.39, 0.29) is 12.5 Å². The fraction of sp³-hybridized carbons (Fsp3) is 0.750. The number of ketones is 1. The van der Waals surface area contributed by atoms with Gasteiger partial charge < -0.3 is 9.84 Å². The number of carbonyl (C=O) groups excluding carboxylic acids is 2. The van der Waals surface area contributed by atoms with Gasteiger partial charge in [0.25, 0.3) is 0 Å². The summed E-state index contributed by atoms with van der Waals surface area (Å²) in [7, 11) is 0. The second-order valence-electron chi connectivity index (χ2n) is 2.90. The van der Waals surface area contributed by atoms with E-state index in [4.69, 9.17) is 5.11 Å². The smallest absolute Gasteiger partial charge is 0.308 e. The average molecular weight is 174 g/mol. The van der Waals surface area contributed by atoms with Crippen LogP contribution in [0, 0.1) is 5.92 Å². The van der Waals surface area contributed by atoms with E-state index in [1.54, 1.807) is 13.8 Å². The molecule has 0 aromatic heterocycles. The minimum atomic E-state index is -1.06. The first-order chi connectivity index (χ1) is 5.45. The van der Waals surface area contributed by atoms with Crippen molar-refractivity contribution in [2.45, 2.75) is 26.9 Å². The summed E-state index contributed by atoms with van der Waals surface area (Å²) in [4.78, 5) is 21.6. The molecule has 0 radical (unpaired) electrons. The molecule has 0 aliphatic rings. The summed E-state index contributed by atoms with van der Waals surface area (Å²) in [5.74, 6) is -1.15. The number of aliphatic hydroxyl groups excluding tert-OH is 1. The molecule has 0 spiro atoms. The van der Waals surface area contributed by atoms with Crippen LogP contribution >= 0.6 is 0 Å². The average Bonchev–Trinajstić information content (AvgIpc) is 1.98. The number of Topliss-reactive ketones (excluding diaryl/α,β-unsaturated/α-hetero) is 1. The van der Waals surface area contributed by atoms with Crippen molar-refractivity contribution in [3.05, 3.63) is 0 Å². The highest BCUT2D eigenvalue weighted by atomic mass is 16.5. The van der Waals surface area contributed by atoms with E-state index in [0.717, 1.165) is 0 Å². The van der Waals surface area contributed by atoms with Gasteiger partial charge in [-0.2, -0.15) is 0 Å². The normalized spacial score (nSPS) is 12.8. The molecule has 0 aliphatic carbocycles. The molecule has 1 unspecified atom stereocenters.